The van der Waals surface area contributed by atoms with E-state index in [9.17, 15) is 14.9 Å². The van der Waals surface area contributed by atoms with E-state index in [0.29, 0.717) is 24.3 Å². The largest absolute Gasteiger partial charge is 0.377 e. The van der Waals surface area contributed by atoms with Crippen LogP contribution in [0.4, 0.5) is 11.4 Å². The van der Waals surface area contributed by atoms with Crippen LogP contribution in [0, 0.1) is 17.0 Å². The maximum Gasteiger partial charge on any atom is 0.274 e. The van der Waals surface area contributed by atoms with Crippen LogP contribution >= 0.6 is 11.3 Å². The molecule has 2 heterocycles. The molecule has 1 aromatic carbocycles. The normalized spacial score (nSPS) is 16.6. The number of nitrogens with one attached hydrogen (secondary N) is 1. The average Bonchev–Trinajstić information content (AvgIpc) is 3.30. The number of amides is 1. The number of nitro benzene ring substituents is 1. The van der Waals surface area contributed by atoms with E-state index >= 15 is 0 Å². The second kappa shape index (κ2) is 9.07. The second-order valence-corrected chi connectivity index (χ2v) is 7.72. The number of hydrogen-bond acceptors (Lipinski definition) is 6. The van der Waals surface area contributed by atoms with E-state index in [1.54, 1.807) is 30.4 Å². The van der Waals surface area contributed by atoms with Crippen molar-refractivity contribution >= 4 is 28.6 Å². The molecule has 0 bridgehead atoms. The molecule has 0 spiro atoms. The Labute approximate surface area is 162 Å². The molecule has 3 rings (SSSR count). The molecule has 1 unspecified atom stereocenters. The lowest BCUT2D eigenvalue weighted by Crippen LogP contribution is -2.37. The lowest BCUT2D eigenvalue weighted by Gasteiger charge is -2.24. The molecule has 2 aromatic rings. The molecule has 1 fully saturated rings. The molecule has 1 N–H and O–H groups in total. The number of hydrogen-bond donors (Lipinski definition) is 1. The molecule has 27 heavy (non-hydrogen) atoms. The van der Waals surface area contributed by atoms with E-state index in [1.165, 1.54) is 10.9 Å². The fourth-order valence-electron chi connectivity index (χ4n) is 3.17. The lowest BCUT2D eigenvalue weighted by molar-refractivity contribution is -0.385. The van der Waals surface area contributed by atoms with Gasteiger partial charge in [0.2, 0.25) is 5.91 Å². The van der Waals surface area contributed by atoms with Crippen molar-refractivity contribution < 1.29 is 14.5 Å². The molecule has 8 heteroatoms. The number of benzene rings is 1. The summed E-state index contributed by atoms with van der Waals surface area (Å²) in [4.78, 5) is 26.4. The Morgan fingerprint density at radius 2 is 2.30 bits per heavy atom. The molecule has 0 aliphatic carbocycles. The smallest absolute Gasteiger partial charge is 0.274 e. The van der Waals surface area contributed by atoms with Crippen molar-refractivity contribution in [2.24, 2.45) is 0 Å². The fraction of sp³-hybridized carbons (Fsp3) is 0.421. The molecule has 1 aliphatic rings. The minimum Gasteiger partial charge on any atom is -0.377 e. The maximum absolute atomic E-state index is 12.5. The first-order valence-electron chi connectivity index (χ1n) is 8.92. The van der Waals surface area contributed by atoms with Gasteiger partial charge in [0.05, 0.1) is 17.6 Å². The van der Waals surface area contributed by atoms with Crippen molar-refractivity contribution in [3.8, 4) is 0 Å². The lowest BCUT2D eigenvalue weighted by atomic mass is 10.2. The van der Waals surface area contributed by atoms with Crippen molar-refractivity contribution in [1.29, 1.82) is 0 Å². The van der Waals surface area contributed by atoms with Crippen LogP contribution in [0.15, 0.2) is 35.7 Å². The van der Waals surface area contributed by atoms with Gasteiger partial charge in [0.15, 0.2) is 0 Å². The second-order valence-electron chi connectivity index (χ2n) is 6.69. The van der Waals surface area contributed by atoms with Crippen LogP contribution < -0.4 is 5.32 Å². The molecule has 1 aliphatic heterocycles. The predicted molar refractivity (Wildman–Crippen MR) is 105 cm³/mol. The summed E-state index contributed by atoms with van der Waals surface area (Å²) in [6.07, 6.45) is 2.21. The quantitative estimate of drug-likeness (QED) is 0.551. The Kier molecular flexibility index (Phi) is 6.54. The predicted octanol–water partition coefficient (Wildman–Crippen LogP) is 3.58. The topological polar surface area (TPSA) is 84.7 Å². The Hall–Kier alpha value is -2.29. The minimum absolute atomic E-state index is 0.00240. The van der Waals surface area contributed by atoms with E-state index < -0.39 is 4.92 Å². The van der Waals surface area contributed by atoms with Gasteiger partial charge in [-0.25, -0.2) is 0 Å². The van der Waals surface area contributed by atoms with Gasteiger partial charge in [0, 0.05) is 41.9 Å². The Morgan fingerprint density at radius 1 is 1.44 bits per heavy atom. The molecule has 1 atom stereocenters. The number of carbonyl (C=O) groups is 1. The standard InChI is InChI=1S/C19H23N3O4S/c1-14-6-7-15(10-18(14)22(24)25)20-19(23)13-21(11-16-4-2-8-26-16)12-17-5-3-9-27-17/h3,5-7,9-10,16H,2,4,8,11-13H2,1H3,(H,20,23). The van der Waals surface area contributed by atoms with Crippen LogP contribution in [0.3, 0.4) is 0 Å². The fourth-order valence-corrected chi connectivity index (χ4v) is 3.92. The third kappa shape index (κ3) is 5.59. The first-order chi connectivity index (χ1) is 13.0. The number of thiophene rings is 1. The van der Waals surface area contributed by atoms with Crippen LogP contribution in [0.25, 0.3) is 0 Å². The zero-order valence-electron chi connectivity index (χ0n) is 15.2. The summed E-state index contributed by atoms with van der Waals surface area (Å²) >= 11 is 1.66. The van der Waals surface area contributed by atoms with Crippen molar-refractivity contribution in [2.45, 2.75) is 32.4 Å². The number of ether oxygens (including phenoxy) is 1. The van der Waals surface area contributed by atoms with Crippen molar-refractivity contribution in [3.63, 3.8) is 0 Å². The van der Waals surface area contributed by atoms with Gasteiger partial charge in [-0.3, -0.25) is 19.8 Å². The number of anilines is 1. The third-order valence-corrected chi connectivity index (χ3v) is 5.36. The Balaban J connectivity index is 1.64. The summed E-state index contributed by atoms with van der Waals surface area (Å²) in [6.45, 7) is 4.03. The molecule has 7 nitrogen and oxygen atoms in total. The average molecular weight is 389 g/mol. The van der Waals surface area contributed by atoms with Gasteiger partial charge in [-0.1, -0.05) is 12.1 Å². The monoisotopic (exact) mass is 389 g/mol. The van der Waals surface area contributed by atoms with Crippen molar-refractivity contribution in [1.82, 2.24) is 4.90 Å². The van der Waals surface area contributed by atoms with Crippen LogP contribution in [0.1, 0.15) is 23.3 Å². The highest BCUT2D eigenvalue weighted by Gasteiger charge is 2.21. The highest BCUT2D eigenvalue weighted by Crippen LogP contribution is 2.22. The van der Waals surface area contributed by atoms with Crippen LogP contribution in [0.5, 0.6) is 0 Å². The Morgan fingerprint density at radius 3 is 2.96 bits per heavy atom. The summed E-state index contributed by atoms with van der Waals surface area (Å²) in [5.74, 6) is -0.192. The number of nitrogens with zero attached hydrogens (tertiary/aromatic N) is 2. The van der Waals surface area contributed by atoms with Crippen LogP contribution in [-0.2, 0) is 16.1 Å². The molecule has 1 amide bonds. The highest BCUT2D eigenvalue weighted by molar-refractivity contribution is 7.09. The summed E-state index contributed by atoms with van der Waals surface area (Å²) in [6, 6.07) is 8.77. The molecule has 1 saturated heterocycles. The zero-order chi connectivity index (χ0) is 19.2. The number of nitro groups is 1. The minimum atomic E-state index is -0.439. The molecular weight excluding hydrogens is 366 g/mol. The first kappa shape index (κ1) is 19.5. The number of rotatable bonds is 8. The summed E-state index contributed by atoms with van der Waals surface area (Å²) in [5.41, 5.74) is 1.00. The maximum atomic E-state index is 12.5. The summed E-state index contributed by atoms with van der Waals surface area (Å²) in [5, 5.41) is 15.9. The van der Waals surface area contributed by atoms with Gasteiger partial charge < -0.3 is 10.1 Å². The van der Waals surface area contributed by atoms with E-state index in [2.05, 4.69) is 16.3 Å². The van der Waals surface area contributed by atoms with Gasteiger partial charge in [-0.05, 0) is 37.3 Å². The van der Waals surface area contributed by atoms with Crippen LogP contribution in [-0.4, -0.2) is 41.5 Å². The van der Waals surface area contributed by atoms with Crippen LogP contribution in [0.2, 0.25) is 0 Å². The van der Waals surface area contributed by atoms with Gasteiger partial charge in [0.25, 0.3) is 5.69 Å². The molecule has 0 saturated carbocycles. The summed E-state index contributed by atoms with van der Waals surface area (Å²) in [7, 11) is 0. The van der Waals surface area contributed by atoms with Gasteiger partial charge in [-0.2, -0.15) is 0 Å². The third-order valence-electron chi connectivity index (χ3n) is 4.50. The van der Waals surface area contributed by atoms with E-state index in [4.69, 9.17) is 4.74 Å². The number of aryl methyl sites for hydroxylation is 1. The number of carbonyl (C=O) groups excluding carboxylic acids is 1. The van der Waals surface area contributed by atoms with Gasteiger partial charge >= 0.3 is 0 Å². The van der Waals surface area contributed by atoms with Crippen molar-refractivity contribution in [2.75, 3.05) is 25.0 Å². The van der Waals surface area contributed by atoms with E-state index in [0.717, 1.165) is 19.4 Å². The summed E-state index contributed by atoms with van der Waals surface area (Å²) < 4.78 is 5.71. The molecular formula is C19H23N3O4S. The van der Waals surface area contributed by atoms with Crippen molar-refractivity contribution in [3.05, 3.63) is 56.3 Å². The Bertz CT molecular complexity index is 788. The van der Waals surface area contributed by atoms with Gasteiger partial charge in [-0.15, -0.1) is 11.3 Å². The SMILES string of the molecule is Cc1ccc(NC(=O)CN(Cc2cccs2)CC2CCCO2)cc1[N+](=O)[O-]. The molecule has 1 aromatic heterocycles. The first-order valence-corrected chi connectivity index (χ1v) is 9.80. The van der Waals surface area contributed by atoms with E-state index in [1.807, 2.05) is 11.4 Å². The van der Waals surface area contributed by atoms with E-state index in [-0.39, 0.29) is 24.2 Å². The highest BCUT2D eigenvalue weighted by atomic mass is 32.1. The molecule has 0 radical (unpaired) electrons. The molecule has 144 valence electrons. The zero-order valence-corrected chi connectivity index (χ0v) is 16.0. The van der Waals surface area contributed by atoms with Gasteiger partial charge in [0.1, 0.15) is 0 Å².